The number of piperidine rings is 1. The third kappa shape index (κ3) is 5.35. The number of likely N-dealkylation sites (tertiary alicyclic amines) is 1. The van der Waals surface area contributed by atoms with Crippen LogP contribution in [0.15, 0.2) is 29.8 Å². The molecular weight excluding hydrogens is 318 g/mol. The van der Waals surface area contributed by atoms with Gasteiger partial charge in [0.2, 0.25) is 0 Å². The maximum absolute atomic E-state index is 12.0. The standard InChI is InChI=1S/C19H23N3O3/c1-21(2)17-8-6-15(7-9-17)12-16(13-20)19(24)25-14-18(23)22-10-4-3-5-11-22/h6-9,12H,3-5,10-11,14H2,1-2H3/b16-12+. The van der Waals surface area contributed by atoms with Crippen LogP contribution in [0.3, 0.4) is 0 Å². The van der Waals surface area contributed by atoms with Crippen molar-refractivity contribution in [3.8, 4) is 6.07 Å². The van der Waals surface area contributed by atoms with Crippen LogP contribution >= 0.6 is 0 Å². The van der Waals surface area contributed by atoms with Crippen LogP contribution < -0.4 is 4.90 Å². The fourth-order valence-electron chi connectivity index (χ4n) is 2.61. The first-order valence-electron chi connectivity index (χ1n) is 8.35. The first-order valence-corrected chi connectivity index (χ1v) is 8.35. The normalized spacial score (nSPS) is 14.6. The van der Waals surface area contributed by atoms with Crippen molar-refractivity contribution < 1.29 is 14.3 Å². The summed E-state index contributed by atoms with van der Waals surface area (Å²) in [5.74, 6) is -0.981. The van der Waals surface area contributed by atoms with Gasteiger partial charge in [0.15, 0.2) is 6.61 Å². The molecule has 0 saturated carbocycles. The lowest BCUT2D eigenvalue weighted by Crippen LogP contribution is -2.38. The zero-order valence-electron chi connectivity index (χ0n) is 14.7. The van der Waals surface area contributed by atoms with Crippen LogP contribution in [0.25, 0.3) is 6.08 Å². The van der Waals surface area contributed by atoms with E-state index >= 15 is 0 Å². The predicted molar refractivity (Wildman–Crippen MR) is 95.7 cm³/mol. The third-order valence-electron chi connectivity index (χ3n) is 4.10. The van der Waals surface area contributed by atoms with Gasteiger partial charge in [-0.2, -0.15) is 5.26 Å². The highest BCUT2D eigenvalue weighted by Gasteiger charge is 2.19. The number of esters is 1. The van der Waals surface area contributed by atoms with Crippen LogP contribution in [0.1, 0.15) is 24.8 Å². The molecule has 0 N–H and O–H groups in total. The van der Waals surface area contributed by atoms with Crippen LogP contribution in [0.2, 0.25) is 0 Å². The Balaban J connectivity index is 1.95. The van der Waals surface area contributed by atoms with Gasteiger partial charge >= 0.3 is 5.97 Å². The number of nitriles is 1. The molecule has 0 spiro atoms. The molecule has 1 aromatic carbocycles. The van der Waals surface area contributed by atoms with Gasteiger partial charge in [-0.3, -0.25) is 4.79 Å². The number of carbonyl (C=O) groups excluding carboxylic acids is 2. The van der Waals surface area contributed by atoms with Crippen LogP contribution in [-0.2, 0) is 14.3 Å². The molecule has 0 aromatic heterocycles. The molecule has 132 valence electrons. The van der Waals surface area contributed by atoms with Gasteiger partial charge in [-0.15, -0.1) is 0 Å². The number of carbonyl (C=O) groups is 2. The highest BCUT2D eigenvalue weighted by atomic mass is 16.5. The summed E-state index contributed by atoms with van der Waals surface area (Å²) in [6, 6.07) is 9.27. The predicted octanol–water partition coefficient (Wildman–Crippen LogP) is 2.22. The van der Waals surface area contributed by atoms with Crippen molar-refractivity contribution in [2.45, 2.75) is 19.3 Å². The fraction of sp³-hybridized carbons (Fsp3) is 0.421. The fourth-order valence-corrected chi connectivity index (χ4v) is 2.61. The minimum absolute atomic E-state index is 0.121. The molecule has 0 atom stereocenters. The minimum Gasteiger partial charge on any atom is -0.451 e. The second kappa shape index (κ2) is 8.88. The summed E-state index contributed by atoms with van der Waals surface area (Å²) in [5, 5.41) is 9.19. The van der Waals surface area contributed by atoms with Crippen molar-refractivity contribution in [3.05, 3.63) is 35.4 Å². The second-order valence-corrected chi connectivity index (χ2v) is 6.17. The van der Waals surface area contributed by atoms with Gasteiger partial charge in [-0.25, -0.2) is 4.79 Å². The van der Waals surface area contributed by atoms with Crippen molar-refractivity contribution >= 4 is 23.6 Å². The minimum atomic E-state index is -0.774. The summed E-state index contributed by atoms with van der Waals surface area (Å²) in [6.45, 7) is 1.09. The lowest BCUT2D eigenvalue weighted by molar-refractivity contribution is -0.149. The van der Waals surface area contributed by atoms with E-state index in [1.165, 1.54) is 6.08 Å². The van der Waals surface area contributed by atoms with E-state index in [9.17, 15) is 14.9 Å². The van der Waals surface area contributed by atoms with Gasteiger partial charge in [0, 0.05) is 32.9 Å². The molecule has 2 rings (SSSR count). The van der Waals surface area contributed by atoms with Gasteiger partial charge in [-0.05, 0) is 43.0 Å². The zero-order valence-corrected chi connectivity index (χ0v) is 14.7. The molecule has 1 aromatic rings. The molecule has 6 nitrogen and oxygen atoms in total. The van der Waals surface area contributed by atoms with E-state index < -0.39 is 5.97 Å². The van der Waals surface area contributed by atoms with Crippen LogP contribution in [0.4, 0.5) is 5.69 Å². The molecule has 1 heterocycles. The third-order valence-corrected chi connectivity index (χ3v) is 4.10. The smallest absolute Gasteiger partial charge is 0.349 e. The summed E-state index contributed by atoms with van der Waals surface area (Å²) < 4.78 is 5.02. The first kappa shape index (κ1) is 18.5. The Kier molecular flexibility index (Phi) is 6.58. The quantitative estimate of drug-likeness (QED) is 0.466. The van der Waals surface area contributed by atoms with E-state index in [2.05, 4.69) is 0 Å². The van der Waals surface area contributed by atoms with Gasteiger partial charge in [0.05, 0.1) is 0 Å². The summed E-state index contributed by atoms with van der Waals surface area (Å²) >= 11 is 0. The van der Waals surface area contributed by atoms with E-state index in [0.717, 1.165) is 30.5 Å². The number of anilines is 1. The molecule has 1 saturated heterocycles. The monoisotopic (exact) mass is 341 g/mol. The van der Waals surface area contributed by atoms with Crippen LogP contribution in [0, 0.1) is 11.3 Å². The van der Waals surface area contributed by atoms with Crippen molar-refractivity contribution in [3.63, 3.8) is 0 Å². The Morgan fingerprint density at radius 3 is 2.40 bits per heavy atom. The van der Waals surface area contributed by atoms with Gasteiger partial charge < -0.3 is 14.5 Å². The van der Waals surface area contributed by atoms with Crippen LogP contribution in [0.5, 0.6) is 0 Å². The van der Waals surface area contributed by atoms with Gasteiger partial charge in [0.25, 0.3) is 5.91 Å². The zero-order chi connectivity index (χ0) is 18.2. The first-order chi connectivity index (χ1) is 12.0. The Morgan fingerprint density at radius 1 is 1.20 bits per heavy atom. The molecule has 0 aliphatic carbocycles. The summed E-state index contributed by atoms with van der Waals surface area (Å²) in [4.78, 5) is 27.7. The molecule has 0 bridgehead atoms. The molecule has 1 fully saturated rings. The maximum Gasteiger partial charge on any atom is 0.349 e. The Labute approximate surface area is 148 Å². The number of rotatable bonds is 5. The average Bonchev–Trinajstić information content (AvgIpc) is 2.64. The summed E-state index contributed by atoms with van der Waals surface area (Å²) in [6.07, 6.45) is 4.54. The largest absolute Gasteiger partial charge is 0.451 e. The molecule has 1 aliphatic heterocycles. The van der Waals surface area contributed by atoms with Crippen molar-refractivity contribution in [2.24, 2.45) is 0 Å². The van der Waals surface area contributed by atoms with Crippen molar-refractivity contribution in [1.29, 1.82) is 5.26 Å². The van der Waals surface area contributed by atoms with E-state index in [4.69, 9.17) is 4.74 Å². The molecule has 0 radical (unpaired) electrons. The summed E-state index contributed by atoms with van der Waals surface area (Å²) in [5.41, 5.74) is 1.62. The van der Waals surface area contributed by atoms with Crippen LogP contribution in [-0.4, -0.2) is 50.6 Å². The molecule has 6 heteroatoms. The number of ether oxygens (including phenoxy) is 1. The van der Waals surface area contributed by atoms with Gasteiger partial charge in [0.1, 0.15) is 11.6 Å². The average molecular weight is 341 g/mol. The Bertz CT molecular complexity index is 681. The van der Waals surface area contributed by atoms with E-state index in [1.54, 1.807) is 4.90 Å². The van der Waals surface area contributed by atoms with Crippen molar-refractivity contribution in [1.82, 2.24) is 4.90 Å². The number of amides is 1. The SMILES string of the molecule is CN(C)c1ccc(/C=C(\C#N)C(=O)OCC(=O)N2CCCCC2)cc1. The number of hydrogen-bond donors (Lipinski definition) is 0. The molecule has 25 heavy (non-hydrogen) atoms. The topological polar surface area (TPSA) is 73.6 Å². The molecular formula is C19H23N3O3. The Morgan fingerprint density at radius 2 is 1.84 bits per heavy atom. The Hall–Kier alpha value is -2.81. The molecule has 1 amide bonds. The lowest BCUT2D eigenvalue weighted by Gasteiger charge is -2.26. The lowest BCUT2D eigenvalue weighted by atomic mass is 10.1. The number of hydrogen-bond acceptors (Lipinski definition) is 5. The highest BCUT2D eigenvalue weighted by Crippen LogP contribution is 2.15. The highest BCUT2D eigenvalue weighted by molar-refractivity contribution is 5.98. The van der Waals surface area contributed by atoms with E-state index in [0.29, 0.717) is 13.1 Å². The van der Waals surface area contributed by atoms with E-state index in [-0.39, 0.29) is 18.1 Å². The molecule has 1 aliphatic rings. The van der Waals surface area contributed by atoms with Gasteiger partial charge in [-0.1, -0.05) is 12.1 Å². The molecule has 0 unspecified atom stereocenters. The van der Waals surface area contributed by atoms with E-state index in [1.807, 2.05) is 49.3 Å². The second-order valence-electron chi connectivity index (χ2n) is 6.17. The van der Waals surface area contributed by atoms with Crippen molar-refractivity contribution in [2.75, 3.05) is 38.7 Å². The maximum atomic E-state index is 12.0. The number of benzene rings is 1. The number of nitrogens with zero attached hydrogens (tertiary/aromatic N) is 3. The summed E-state index contributed by atoms with van der Waals surface area (Å²) in [7, 11) is 3.87.